The zero-order chi connectivity index (χ0) is 18.0. The highest BCUT2D eigenvalue weighted by molar-refractivity contribution is 5.94. The Kier molecular flexibility index (Phi) is 4.77. The summed E-state index contributed by atoms with van der Waals surface area (Å²) in [5.41, 5.74) is 3.05. The Hall–Kier alpha value is -2.20. The molecular formula is C22H26N2O2. The Balaban J connectivity index is 1.41. The average Bonchev–Trinajstić information content (AvgIpc) is 3.20. The van der Waals surface area contributed by atoms with Gasteiger partial charge in [0.1, 0.15) is 0 Å². The van der Waals surface area contributed by atoms with Crippen molar-refractivity contribution in [2.45, 2.75) is 32.8 Å². The first kappa shape index (κ1) is 17.2. The van der Waals surface area contributed by atoms with Crippen molar-refractivity contribution < 1.29 is 9.53 Å². The lowest BCUT2D eigenvalue weighted by molar-refractivity contribution is 0.0252. The molecule has 1 amide bonds. The van der Waals surface area contributed by atoms with Crippen molar-refractivity contribution in [3.05, 3.63) is 65.5 Å². The maximum Gasteiger partial charge on any atom is 0.253 e. The Morgan fingerprint density at radius 1 is 1.27 bits per heavy atom. The van der Waals surface area contributed by atoms with Crippen LogP contribution in [-0.2, 0) is 11.3 Å². The summed E-state index contributed by atoms with van der Waals surface area (Å²) in [5.74, 6) is 0.712. The Bertz CT molecular complexity index is 759. The molecule has 0 spiro atoms. The van der Waals surface area contributed by atoms with Gasteiger partial charge in [0.25, 0.3) is 5.91 Å². The summed E-state index contributed by atoms with van der Waals surface area (Å²) in [5, 5.41) is 0. The number of aromatic nitrogens is 1. The second-order valence-corrected chi connectivity index (χ2v) is 7.82. The van der Waals surface area contributed by atoms with E-state index < -0.39 is 0 Å². The largest absolute Gasteiger partial charge is 0.375 e. The van der Waals surface area contributed by atoms with Gasteiger partial charge in [0.2, 0.25) is 0 Å². The highest BCUT2D eigenvalue weighted by atomic mass is 16.5. The summed E-state index contributed by atoms with van der Waals surface area (Å²) in [6.07, 6.45) is 5.39. The van der Waals surface area contributed by atoms with Crippen molar-refractivity contribution >= 4 is 5.91 Å². The highest BCUT2D eigenvalue weighted by Gasteiger charge is 2.50. The lowest BCUT2D eigenvalue weighted by atomic mass is 9.81. The molecule has 1 aromatic heterocycles. The van der Waals surface area contributed by atoms with Crippen LogP contribution in [0.2, 0.25) is 0 Å². The zero-order valence-electron chi connectivity index (χ0n) is 15.4. The van der Waals surface area contributed by atoms with E-state index in [9.17, 15) is 4.79 Å². The molecule has 2 aromatic rings. The Morgan fingerprint density at radius 2 is 2.12 bits per heavy atom. The SMILES string of the molecule is Cc1ccc(C(=O)N2C[C@H]3CCC[C@@]3(COCc3ccccn3)C2)cc1. The number of hydrogen-bond donors (Lipinski definition) is 0. The van der Waals surface area contributed by atoms with Crippen LogP contribution in [0.15, 0.2) is 48.7 Å². The van der Waals surface area contributed by atoms with Crippen molar-refractivity contribution in [3.63, 3.8) is 0 Å². The van der Waals surface area contributed by atoms with Gasteiger partial charge in [-0.15, -0.1) is 0 Å². The number of fused-ring (bicyclic) bond motifs is 1. The van der Waals surface area contributed by atoms with E-state index in [0.717, 1.165) is 30.8 Å². The lowest BCUT2D eigenvalue weighted by Crippen LogP contribution is -2.34. The predicted molar refractivity (Wildman–Crippen MR) is 101 cm³/mol. The van der Waals surface area contributed by atoms with Gasteiger partial charge in [-0.05, 0) is 49.9 Å². The van der Waals surface area contributed by atoms with Crippen molar-refractivity contribution in [3.8, 4) is 0 Å². The van der Waals surface area contributed by atoms with E-state index >= 15 is 0 Å². The molecule has 4 heteroatoms. The molecule has 0 radical (unpaired) electrons. The fraction of sp³-hybridized carbons (Fsp3) is 0.455. The topological polar surface area (TPSA) is 42.4 Å². The minimum Gasteiger partial charge on any atom is -0.375 e. The third-order valence-corrected chi connectivity index (χ3v) is 5.99. The summed E-state index contributed by atoms with van der Waals surface area (Å²) in [4.78, 5) is 19.3. The molecule has 1 aliphatic heterocycles. The monoisotopic (exact) mass is 350 g/mol. The van der Waals surface area contributed by atoms with Crippen LogP contribution in [-0.4, -0.2) is 35.5 Å². The van der Waals surface area contributed by atoms with Gasteiger partial charge in [0.15, 0.2) is 0 Å². The molecule has 2 atom stereocenters. The van der Waals surface area contributed by atoms with E-state index in [1.165, 1.54) is 18.4 Å². The summed E-state index contributed by atoms with van der Waals surface area (Å²) in [6.45, 7) is 4.97. The van der Waals surface area contributed by atoms with E-state index in [-0.39, 0.29) is 11.3 Å². The number of aryl methyl sites for hydroxylation is 1. The first-order chi connectivity index (χ1) is 12.7. The molecule has 1 aromatic carbocycles. The second kappa shape index (κ2) is 7.20. The number of pyridine rings is 1. The Labute approximate surface area is 155 Å². The van der Waals surface area contributed by atoms with Crippen LogP contribution >= 0.6 is 0 Å². The molecule has 2 aliphatic rings. The molecule has 1 saturated heterocycles. The molecule has 0 bridgehead atoms. The zero-order valence-corrected chi connectivity index (χ0v) is 15.4. The molecule has 0 unspecified atom stereocenters. The molecule has 4 nitrogen and oxygen atoms in total. The smallest absolute Gasteiger partial charge is 0.253 e. The first-order valence-electron chi connectivity index (χ1n) is 9.50. The van der Waals surface area contributed by atoms with Crippen molar-refractivity contribution in [2.75, 3.05) is 19.7 Å². The van der Waals surface area contributed by atoms with E-state index in [2.05, 4.69) is 4.98 Å². The van der Waals surface area contributed by atoms with E-state index in [4.69, 9.17) is 4.74 Å². The summed E-state index contributed by atoms with van der Waals surface area (Å²) >= 11 is 0. The van der Waals surface area contributed by atoms with E-state index in [0.29, 0.717) is 19.1 Å². The van der Waals surface area contributed by atoms with Gasteiger partial charge in [-0.2, -0.15) is 0 Å². The molecule has 136 valence electrons. The highest BCUT2D eigenvalue weighted by Crippen LogP contribution is 2.49. The number of hydrogen-bond acceptors (Lipinski definition) is 3. The molecule has 0 N–H and O–H groups in total. The third-order valence-electron chi connectivity index (χ3n) is 5.99. The number of ether oxygens (including phenoxy) is 1. The van der Waals surface area contributed by atoms with Crippen molar-refractivity contribution in [2.24, 2.45) is 11.3 Å². The number of amides is 1. The van der Waals surface area contributed by atoms with Crippen LogP contribution in [0.1, 0.15) is 40.9 Å². The minimum absolute atomic E-state index is 0.120. The minimum atomic E-state index is 0.120. The third kappa shape index (κ3) is 3.38. The summed E-state index contributed by atoms with van der Waals surface area (Å²) < 4.78 is 6.06. The van der Waals surface area contributed by atoms with Crippen LogP contribution in [0, 0.1) is 18.3 Å². The molecular weight excluding hydrogens is 324 g/mol. The predicted octanol–water partition coefficient (Wildman–Crippen LogP) is 3.85. The lowest BCUT2D eigenvalue weighted by Gasteiger charge is -2.28. The van der Waals surface area contributed by atoms with Crippen molar-refractivity contribution in [1.29, 1.82) is 0 Å². The maximum absolute atomic E-state index is 12.9. The number of carbonyl (C=O) groups is 1. The van der Waals surface area contributed by atoms with Gasteiger partial charge in [-0.1, -0.05) is 30.2 Å². The second-order valence-electron chi connectivity index (χ2n) is 7.82. The quantitative estimate of drug-likeness (QED) is 0.822. The van der Waals surface area contributed by atoms with Gasteiger partial charge in [-0.3, -0.25) is 9.78 Å². The molecule has 1 saturated carbocycles. The van der Waals surface area contributed by atoms with Crippen molar-refractivity contribution in [1.82, 2.24) is 9.88 Å². The fourth-order valence-corrected chi connectivity index (χ4v) is 4.53. The fourth-order valence-electron chi connectivity index (χ4n) is 4.53. The van der Waals surface area contributed by atoms with Gasteiger partial charge >= 0.3 is 0 Å². The van der Waals surface area contributed by atoms with Gasteiger partial charge < -0.3 is 9.64 Å². The number of benzene rings is 1. The molecule has 4 rings (SSSR count). The van der Waals surface area contributed by atoms with Crippen LogP contribution in [0.25, 0.3) is 0 Å². The average molecular weight is 350 g/mol. The van der Waals surface area contributed by atoms with E-state index in [1.54, 1.807) is 6.20 Å². The molecule has 1 aliphatic carbocycles. The molecule has 2 fully saturated rings. The number of rotatable bonds is 5. The first-order valence-corrected chi connectivity index (χ1v) is 9.50. The van der Waals surface area contributed by atoms with Crippen LogP contribution in [0.5, 0.6) is 0 Å². The molecule has 26 heavy (non-hydrogen) atoms. The standard InChI is InChI=1S/C22H26N2O2/c1-17-7-9-18(10-8-17)21(25)24-13-19-5-4-11-22(19,15-24)16-26-14-20-6-2-3-12-23-20/h2-3,6-10,12,19H,4-5,11,13-16H2,1H3/t19-,22+/m1/s1. The van der Waals surface area contributed by atoms with Gasteiger partial charge in [-0.25, -0.2) is 0 Å². The molecule has 2 heterocycles. The van der Waals surface area contributed by atoms with Gasteiger partial charge in [0.05, 0.1) is 18.9 Å². The number of likely N-dealkylation sites (tertiary alicyclic amines) is 1. The van der Waals surface area contributed by atoms with Gasteiger partial charge in [0, 0.05) is 30.3 Å². The Morgan fingerprint density at radius 3 is 2.88 bits per heavy atom. The van der Waals surface area contributed by atoms with Crippen LogP contribution in [0.3, 0.4) is 0 Å². The van der Waals surface area contributed by atoms with Crippen LogP contribution < -0.4 is 0 Å². The van der Waals surface area contributed by atoms with Crippen LogP contribution in [0.4, 0.5) is 0 Å². The number of nitrogens with zero attached hydrogens (tertiary/aromatic N) is 2. The summed E-state index contributed by atoms with van der Waals surface area (Å²) in [6, 6.07) is 13.8. The summed E-state index contributed by atoms with van der Waals surface area (Å²) in [7, 11) is 0. The normalized spacial score (nSPS) is 24.7. The number of carbonyl (C=O) groups excluding carboxylic acids is 1. The maximum atomic E-state index is 12.9. The van der Waals surface area contributed by atoms with E-state index in [1.807, 2.05) is 54.3 Å².